The van der Waals surface area contributed by atoms with Crippen LogP contribution in [0.15, 0.2) is 28.7 Å². The SMILES string of the molecule is CC(OCCCC(=O)c1ccc(Br)cc1)C(F)(F)F. The van der Waals surface area contributed by atoms with E-state index in [1.54, 1.807) is 24.3 Å². The molecule has 0 fully saturated rings. The Labute approximate surface area is 118 Å². The summed E-state index contributed by atoms with van der Waals surface area (Å²) in [6.45, 7) is 0.874. The van der Waals surface area contributed by atoms with E-state index in [1.165, 1.54) is 0 Å². The van der Waals surface area contributed by atoms with Crippen LogP contribution in [0.5, 0.6) is 0 Å². The van der Waals surface area contributed by atoms with Gasteiger partial charge in [0.1, 0.15) is 0 Å². The number of benzene rings is 1. The molecular weight excluding hydrogens is 325 g/mol. The summed E-state index contributed by atoms with van der Waals surface area (Å²) in [5, 5.41) is 0. The average molecular weight is 339 g/mol. The summed E-state index contributed by atoms with van der Waals surface area (Å²) in [4.78, 5) is 11.7. The van der Waals surface area contributed by atoms with Gasteiger partial charge in [-0.05, 0) is 25.5 Å². The van der Waals surface area contributed by atoms with E-state index in [9.17, 15) is 18.0 Å². The number of hydrogen-bond donors (Lipinski definition) is 0. The van der Waals surface area contributed by atoms with Gasteiger partial charge in [0.15, 0.2) is 11.9 Å². The molecule has 19 heavy (non-hydrogen) atoms. The summed E-state index contributed by atoms with van der Waals surface area (Å²) >= 11 is 3.26. The molecule has 0 N–H and O–H groups in total. The smallest absolute Gasteiger partial charge is 0.369 e. The highest BCUT2D eigenvalue weighted by Gasteiger charge is 2.36. The molecule has 1 aromatic carbocycles. The summed E-state index contributed by atoms with van der Waals surface area (Å²) in [5.41, 5.74) is 0.548. The minimum Gasteiger partial charge on any atom is -0.369 e. The van der Waals surface area contributed by atoms with Crippen LogP contribution in [0.25, 0.3) is 0 Å². The van der Waals surface area contributed by atoms with Crippen molar-refractivity contribution in [1.29, 1.82) is 0 Å². The lowest BCUT2D eigenvalue weighted by Gasteiger charge is -2.15. The minimum atomic E-state index is -4.35. The number of ketones is 1. The fourth-order valence-corrected chi connectivity index (χ4v) is 1.63. The molecule has 0 aliphatic heterocycles. The first-order valence-electron chi connectivity index (χ1n) is 5.78. The van der Waals surface area contributed by atoms with Gasteiger partial charge < -0.3 is 4.74 Å². The highest BCUT2D eigenvalue weighted by molar-refractivity contribution is 9.10. The third-order valence-electron chi connectivity index (χ3n) is 2.54. The molecule has 0 aromatic heterocycles. The summed E-state index contributed by atoms with van der Waals surface area (Å²) in [5.74, 6) is -0.101. The van der Waals surface area contributed by atoms with E-state index < -0.39 is 12.3 Å². The standard InChI is InChI=1S/C13H14BrF3O2/c1-9(13(15,16)17)19-8-2-3-12(18)10-4-6-11(14)7-5-10/h4-7,9H,2-3,8H2,1H3. The molecule has 2 nitrogen and oxygen atoms in total. The first-order valence-corrected chi connectivity index (χ1v) is 6.57. The Kier molecular flexibility index (Phi) is 6.00. The highest BCUT2D eigenvalue weighted by atomic mass is 79.9. The van der Waals surface area contributed by atoms with Gasteiger partial charge >= 0.3 is 6.18 Å². The van der Waals surface area contributed by atoms with Crippen molar-refractivity contribution in [1.82, 2.24) is 0 Å². The molecule has 0 saturated heterocycles. The van der Waals surface area contributed by atoms with Gasteiger partial charge in [-0.3, -0.25) is 4.79 Å². The third-order valence-corrected chi connectivity index (χ3v) is 3.07. The van der Waals surface area contributed by atoms with E-state index in [2.05, 4.69) is 20.7 Å². The summed E-state index contributed by atoms with van der Waals surface area (Å²) in [7, 11) is 0. The second-order valence-corrected chi connectivity index (χ2v) is 5.00. The Morgan fingerprint density at radius 1 is 1.32 bits per heavy atom. The molecule has 0 amide bonds. The molecule has 0 spiro atoms. The van der Waals surface area contributed by atoms with Crippen molar-refractivity contribution in [2.75, 3.05) is 6.61 Å². The number of halogens is 4. The van der Waals surface area contributed by atoms with Gasteiger partial charge in [0.05, 0.1) is 0 Å². The van der Waals surface area contributed by atoms with Crippen molar-refractivity contribution in [2.24, 2.45) is 0 Å². The molecule has 1 rings (SSSR count). The first kappa shape index (κ1) is 16.2. The van der Waals surface area contributed by atoms with Crippen LogP contribution in [0.4, 0.5) is 13.2 Å². The van der Waals surface area contributed by atoms with Gasteiger partial charge in [-0.2, -0.15) is 13.2 Å². The molecular formula is C13H14BrF3O2. The molecule has 1 aromatic rings. The lowest BCUT2D eigenvalue weighted by Crippen LogP contribution is -2.28. The van der Waals surface area contributed by atoms with Gasteiger partial charge in [-0.1, -0.05) is 28.1 Å². The van der Waals surface area contributed by atoms with Crippen molar-refractivity contribution in [3.63, 3.8) is 0 Å². The number of ether oxygens (including phenoxy) is 1. The molecule has 0 saturated carbocycles. The van der Waals surface area contributed by atoms with Gasteiger partial charge in [0, 0.05) is 23.1 Å². The second-order valence-electron chi connectivity index (χ2n) is 4.09. The molecule has 0 radical (unpaired) electrons. The van der Waals surface area contributed by atoms with Gasteiger partial charge in [0.2, 0.25) is 0 Å². The monoisotopic (exact) mass is 338 g/mol. The van der Waals surface area contributed by atoms with Crippen LogP contribution < -0.4 is 0 Å². The lowest BCUT2D eigenvalue weighted by molar-refractivity contribution is -0.214. The number of hydrogen-bond acceptors (Lipinski definition) is 2. The summed E-state index contributed by atoms with van der Waals surface area (Å²) < 4.78 is 41.9. The fourth-order valence-electron chi connectivity index (χ4n) is 1.37. The topological polar surface area (TPSA) is 26.3 Å². The Balaban J connectivity index is 2.30. The van der Waals surface area contributed by atoms with Crippen molar-refractivity contribution >= 4 is 21.7 Å². The zero-order chi connectivity index (χ0) is 14.5. The Bertz CT molecular complexity index is 415. The molecule has 106 valence electrons. The largest absolute Gasteiger partial charge is 0.414 e. The summed E-state index contributed by atoms with van der Waals surface area (Å²) in [6.07, 6.45) is -5.70. The number of alkyl halides is 3. The fraction of sp³-hybridized carbons (Fsp3) is 0.462. The van der Waals surface area contributed by atoms with Gasteiger partial charge in [0.25, 0.3) is 0 Å². The van der Waals surface area contributed by atoms with Crippen LogP contribution in [0.2, 0.25) is 0 Å². The minimum absolute atomic E-state index is 0.0804. The molecule has 0 bridgehead atoms. The van der Waals surface area contributed by atoms with E-state index in [4.69, 9.17) is 0 Å². The van der Waals surface area contributed by atoms with E-state index >= 15 is 0 Å². The molecule has 1 unspecified atom stereocenters. The van der Waals surface area contributed by atoms with E-state index in [0.717, 1.165) is 11.4 Å². The molecule has 0 aliphatic rings. The third kappa shape index (κ3) is 5.74. The van der Waals surface area contributed by atoms with Crippen LogP contribution in [-0.2, 0) is 4.74 Å². The van der Waals surface area contributed by atoms with Gasteiger partial charge in [-0.25, -0.2) is 0 Å². The highest BCUT2D eigenvalue weighted by Crippen LogP contribution is 2.22. The average Bonchev–Trinajstić information content (AvgIpc) is 2.33. The zero-order valence-corrected chi connectivity index (χ0v) is 11.9. The molecule has 0 heterocycles. The maximum absolute atomic E-state index is 12.1. The van der Waals surface area contributed by atoms with Crippen LogP contribution in [0.1, 0.15) is 30.1 Å². The van der Waals surface area contributed by atoms with Crippen LogP contribution in [0.3, 0.4) is 0 Å². The predicted molar refractivity (Wildman–Crippen MR) is 69.2 cm³/mol. The van der Waals surface area contributed by atoms with Crippen molar-refractivity contribution in [3.05, 3.63) is 34.3 Å². The van der Waals surface area contributed by atoms with Gasteiger partial charge in [-0.15, -0.1) is 0 Å². The van der Waals surface area contributed by atoms with Crippen LogP contribution >= 0.6 is 15.9 Å². The number of carbonyl (C=O) groups is 1. The van der Waals surface area contributed by atoms with Crippen molar-refractivity contribution < 1.29 is 22.7 Å². The second kappa shape index (κ2) is 7.05. The zero-order valence-electron chi connectivity index (χ0n) is 10.3. The van der Waals surface area contributed by atoms with Crippen LogP contribution in [-0.4, -0.2) is 24.7 Å². The van der Waals surface area contributed by atoms with Crippen molar-refractivity contribution in [2.45, 2.75) is 32.0 Å². The molecule has 0 aliphatic carbocycles. The van der Waals surface area contributed by atoms with Crippen LogP contribution in [0, 0.1) is 0 Å². The lowest BCUT2D eigenvalue weighted by atomic mass is 10.1. The summed E-state index contributed by atoms with van der Waals surface area (Å²) in [6, 6.07) is 6.84. The predicted octanol–water partition coefficient (Wildman–Crippen LogP) is 4.38. The number of Topliss-reactive ketones (excluding diaryl/α,β-unsaturated/α-hetero) is 1. The molecule has 1 atom stereocenters. The van der Waals surface area contributed by atoms with E-state index in [0.29, 0.717) is 5.56 Å². The normalized spacial score (nSPS) is 13.3. The Hall–Kier alpha value is -0.880. The maximum atomic E-state index is 12.1. The number of rotatable bonds is 6. The van der Waals surface area contributed by atoms with E-state index in [1.807, 2.05) is 0 Å². The molecule has 6 heteroatoms. The maximum Gasteiger partial charge on any atom is 0.414 e. The quantitative estimate of drug-likeness (QED) is 0.568. The Morgan fingerprint density at radius 2 is 1.89 bits per heavy atom. The number of carbonyl (C=O) groups excluding carboxylic acids is 1. The van der Waals surface area contributed by atoms with E-state index in [-0.39, 0.29) is 25.2 Å². The Morgan fingerprint density at radius 3 is 2.42 bits per heavy atom. The van der Waals surface area contributed by atoms with Crippen molar-refractivity contribution in [3.8, 4) is 0 Å². The first-order chi connectivity index (χ1) is 8.80.